The van der Waals surface area contributed by atoms with Gasteiger partial charge >= 0.3 is 0 Å². The summed E-state index contributed by atoms with van der Waals surface area (Å²) in [6.07, 6.45) is 17.4. The van der Waals surface area contributed by atoms with Crippen LogP contribution in [0.15, 0.2) is 48.5 Å². The highest BCUT2D eigenvalue weighted by atomic mass is 16.5. The molecule has 2 aromatic rings. The van der Waals surface area contributed by atoms with Crippen molar-refractivity contribution >= 4 is 0 Å². The lowest BCUT2D eigenvalue weighted by atomic mass is 10.0. The number of ether oxygens (including phenoxy) is 1. The fraction of sp³-hybridized carbons (Fsp3) is 0.586. The van der Waals surface area contributed by atoms with Crippen LogP contribution >= 0.6 is 0 Å². The minimum atomic E-state index is -0.421. The van der Waals surface area contributed by atoms with E-state index in [0.717, 1.165) is 29.9 Å². The van der Waals surface area contributed by atoms with Crippen LogP contribution in [0, 0.1) is 0 Å². The van der Waals surface area contributed by atoms with E-state index < -0.39 is 6.10 Å². The van der Waals surface area contributed by atoms with Gasteiger partial charge in [-0.25, -0.2) is 0 Å². The van der Waals surface area contributed by atoms with Gasteiger partial charge in [0.1, 0.15) is 5.75 Å². The van der Waals surface area contributed by atoms with Gasteiger partial charge < -0.3 is 9.84 Å². The third-order valence-corrected chi connectivity index (χ3v) is 6.10. The molecule has 0 heterocycles. The van der Waals surface area contributed by atoms with Gasteiger partial charge in [0.15, 0.2) is 0 Å². The second kappa shape index (κ2) is 15.9. The molecule has 1 atom stereocenters. The summed E-state index contributed by atoms with van der Waals surface area (Å²) in [4.78, 5) is 0. The van der Waals surface area contributed by atoms with Crippen LogP contribution in [0.25, 0.3) is 11.1 Å². The summed E-state index contributed by atoms with van der Waals surface area (Å²) in [6.45, 7) is 4.88. The fourth-order valence-electron chi connectivity index (χ4n) is 4.01. The van der Waals surface area contributed by atoms with Gasteiger partial charge in [0.2, 0.25) is 0 Å². The van der Waals surface area contributed by atoms with Crippen molar-refractivity contribution in [3.8, 4) is 16.9 Å². The van der Waals surface area contributed by atoms with E-state index in [0.29, 0.717) is 0 Å². The normalized spacial score (nSPS) is 12.1. The molecule has 2 aromatic carbocycles. The van der Waals surface area contributed by atoms with Crippen LogP contribution in [0.2, 0.25) is 0 Å². The summed E-state index contributed by atoms with van der Waals surface area (Å²) in [5, 5.41) is 9.63. The van der Waals surface area contributed by atoms with Gasteiger partial charge in [-0.1, -0.05) is 120 Å². The maximum absolute atomic E-state index is 9.63. The monoisotopic (exact) mass is 424 g/mol. The molecule has 0 saturated heterocycles. The number of aliphatic hydroxyl groups is 1. The Bertz CT molecular complexity index is 673. The van der Waals surface area contributed by atoms with Gasteiger partial charge in [0.05, 0.1) is 12.7 Å². The molecule has 1 unspecified atom stereocenters. The molecule has 1 N–H and O–H groups in total. The van der Waals surface area contributed by atoms with Crippen LogP contribution in [0.1, 0.15) is 109 Å². The highest BCUT2D eigenvalue weighted by molar-refractivity contribution is 5.64. The van der Waals surface area contributed by atoms with Crippen molar-refractivity contribution in [3.05, 3.63) is 54.1 Å². The van der Waals surface area contributed by atoms with Gasteiger partial charge in [-0.2, -0.15) is 0 Å². The van der Waals surface area contributed by atoms with Crippen LogP contribution in [-0.4, -0.2) is 11.7 Å². The molecule has 0 aromatic heterocycles. The van der Waals surface area contributed by atoms with E-state index in [4.69, 9.17) is 4.74 Å². The molecule has 0 saturated carbocycles. The highest BCUT2D eigenvalue weighted by Crippen LogP contribution is 2.24. The molecule has 0 amide bonds. The maximum Gasteiger partial charge on any atom is 0.119 e. The van der Waals surface area contributed by atoms with Crippen molar-refractivity contribution in [2.75, 3.05) is 6.61 Å². The van der Waals surface area contributed by atoms with Gasteiger partial charge in [-0.3, -0.25) is 0 Å². The third-order valence-electron chi connectivity index (χ3n) is 6.10. The average molecular weight is 425 g/mol. The predicted molar refractivity (Wildman–Crippen MR) is 134 cm³/mol. The van der Waals surface area contributed by atoms with E-state index in [9.17, 15) is 5.11 Å². The lowest BCUT2D eigenvalue weighted by Crippen LogP contribution is -1.97. The molecule has 31 heavy (non-hydrogen) atoms. The van der Waals surface area contributed by atoms with Crippen LogP contribution < -0.4 is 4.74 Å². The molecule has 0 aliphatic rings. The minimum Gasteiger partial charge on any atom is -0.494 e. The van der Waals surface area contributed by atoms with Gasteiger partial charge in [-0.15, -0.1) is 0 Å². The van der Waals surface area contributed by atoms with E-state index in [1.165, 1.54) is 82.6 Å². The Morgan fingerprint density at radius 3 is 1.48 bits per heavy atom. The first-order chi connectivity index (χ1) is 15.2. The molecule has 2 heteroatoms. The van der Waals surface area contributed by atoms with Gasteiger partial charge in [-0.05, 0) is 42.2 Å². The quantitative estimate of drug-likeness (QED) is 0.257. The SMILES string of the molecule is CCCCCCCCCCCCCCCOc1ccc(-c2ccc(C(C)O)cc2)cc1. The van der Waals surface area contributed by atoms with E-state index in [2.05, 4.69) is 43.3 Å². The molecule has 172 valence electrons. The summed E-state index contributed by atoms with van der Waals surface area (Å²) in [5.74, 6) is 0.947. The summed E-state index contributed by atoms with van der Waals surface area (Å²) in [7, 11) is 0. The van der Waals surface area contributed by atoms with Crippen LogP contribution in [0.4, 0.5) is 0 Å². The molecule has 0 spiro atoms. The topological polar surface area (TPSA) is 29.5 Å². The van der Waals surface area contributed by atoms with Crippen LogP contribution in [0.3, 0.4) is 0 Å². The number of aliphatic hydroxyl groups excluding tert-OH is 1. The number of hydrogen-bond acceptors (Lipinski definition) is 2. The lowest BCUT2D eigenvalue weighted by Gasteiger charge is -2.09. The Hall–Kier alpha value is -1.80. The van der Waals surface area contributed by atoms with Crippen LogP contribution in [0.5, 0.6) is 5.75 Å². The van der Waals surface area contributed by atoms with Crippen molar-refractivity contribution < 1.29 is 9.84 Å². The summed E-state index contributed by atoms with van der Waals surface area (Å²) in [5.41, 5.74) is 3.28. The van der Waals surface area contributed by atoms with Gasteiger partial charge in [0.25, 0.3) is 0 Å². The zero-order valence-electron chi connectivity index (χ0n) is 20.0. The average Bonchev–Trinajstić information content (AvgIpc) is 2.80. The predicted octanol–water partition coefficient (Wildman–Crippen LogP) is 8.88. The Kier molecular flexibility index (Phi) is 13.1. The second-order valence-electron chi connectivity index (χ2n) is 8.91. The molecular weight excluding hydrogens is 380 g/mol. The van der Waals surface area contributed by atoms with Crippen molar-refractivity contribution in [1.82, 2.24) is 0 Å². The smallest absolute Gasteiger partial charge is 0.119 e. The highest BCUT2D eigenvalue weighted by Gasteiger charge is 2.03. The largest absolute Gasteiger partial charge is 0.494 e. The van der Waals surface area contributed by atoms with Crippen molar-refractivity contribution in [1.29, 1.82) is 0 Å². The molecular formula is C29H44O2. The molecule has 2 nitrogen and oxygen atoms in total. The molecule has 0 aliphatic heterocycles. The minimum absolute atomic E-state index is 0.421. The number of benzene rings is 2. The first-order valence-corrected chi connectivity index (χ1v) is 12.7. The second-order valence-corrected chi connectivity index (χ2v) is 8.91. The fourth-order valence-corrected chi connectivity index (χ4v) is 4.01. The lowest BCUT2D eigenvalue weighted by molar-refractivity contribution is 0.199. The van der Waals surface area contributed by atoms with E-state index >= 15 is 0 Å². The Labute approximate surface area is 191 Å². The third kappa shape index (κ3) is 10.9. The zero-order valence-corrected chi connectivity index (χ0v) is 20.0. The number of hydrogen-bond donors (Lipinski definition) is 1. The molecule has 2 rings (SSSR count). The summed E-state index contributed by atoms with van der Waals surface area (Å²) >= 11 is 0. The first-order valence-electron chi connectivity index (χ1n) is 12.7. The first kappa shape index (κ1) is 25.5. The summed E-state index contributed by atoms with van der Waals surface area (Å²) < 4.78 is 5.91. The Morgan fingerprint density at radius 2 is 1.03 bits per heavy atom. The maximum atomic E-state index is 9.63. The van der Waals surface area contributed by atoms with E-state index in [1.54, 1.807) is 6.92 Å². The van der Waals surface area contributed by atoms with Gasteiger partial charge in [0, 0.05) is 0 Å². The number of rotatable bonds is 17. The van der Waals surface area contributed by atoms with E-state index in [-0.39, 0.29) is 0 Å². The van der Waals surface area contributed by atoms with Crippen molar-refractivity contribution in [2.24, 2.45) is 0 Å². The van der Waals surface area contributed by atoms with E-state index in [1.807, 2.05) is 12.1 Å². The summed E-state index contributed by atoms with van der Waals surface area (Å²) in [6, 6.07) is 16.4. The Balaban J connectivity index is 1.49. The van der Waals surface area contributed by atoms with Crippen molar-refractivity contribution in [3.63, 3.8) is 0 Å². The molecule has 0 bridgehead atoms. The molecule has 0 fully saturated rings. The zero-order chi connectivity index (χ0) is 22.2. The van der Waals surface area contributed by atoms with Crippen LogP contribution in [-0.2, 0) is 0 Å². The number of unbranched alkanes of at least 4 members (excludes halogenated alkanes) is 12. The standard InChI is InChI=1S/C29H44O2/c1-3-4-5-6-7-8-9-10-11-12-13-14-15-24-31-29-22-20-28(21-23-29)27-18-16-26(17-19-27)25(2)30/h16-23,25,30H,3-15,24H2,1-2H3. The molecule has 0 aliphatic carbocycles. The Morgan fingerprint density at radius 1 is 0.613 bits per heavy atom. The van der Waals surface area contributed by atoms with Crippen molar-refractivity contribution in [2.45, 2.75) is 103 Å². The molecule has 0 radical (unpaired) electrons.